The molecule has 0 radical (unpaired) electrons. The van der Waals surface area contributed by atoms with Gasteiger partial charge in [-0.2, -0.15) is 0 Å². The average Bonchev–Trinajstić information content (AvgIpc) is 2.14. The molecule has 2 rings (SSSR count). The Hall–Kier alpha value is -0.110. The number of carbonyl (C=O) groups excluding carboxylic acids is 1. The highest BCUT2D eigenvalue weighted by molar-refractivity contribution is 9.10. The zero-order valence-corrected chi connectivity index (χ0v) is 10.5. The monoisotopic (exact) mass is 256 g/mol. The number of fused-ring (bicyclic) bond motifs is 1. The van der Waals surface area contributed by atoms with Crippen molar-refractivity contribution >= 4 is 21.7 Å². The lowest BCUT2D eigenvalue weighted by Crippen LogP contribution is -2.36. The summed E-state index contributed by atoms with van der Waals surface area (Å²) < 4.78 is 0. The molecule has 0 aromatic rings. The van der Waals surface area contributed by atoms with Crippen LogP contribution in [-0.2, 0) is 4.79 Å². The van der Waals surface area contributed by atoms with Crippen LogP contribution in [0.1, 0.15) is 46.0 Å². The van der Waals surface area contributed by atoms with E-state index in [0.29, 0.717) is 11.2 Å². The van der Waals surface area contributed by atoms with E-state index in [-0.39, 0.29) is 4.83 Å². The Morgan fingerprint density at radius 1 is 1.43 bits per heavy atom. The molecular formula is C12H17BrO. The summed E-state index contributed by atoms with van der Waals surface area (Å²) in [5.41, 5.74) is 2.80. The fraction of sp³-hybridized carbons (Fsp3) is 0.750. The third-order valence-electron chi connectivity index (χ3n) is 3.87. The number of Topliss-reactive ketones (excluding diaryl/α,β-unsaturated/α-hetero) is 1. The van der Waals surface area contributed by atoms with Crippen LogP contribution in [0.25, 0.3) is 0 Å². The quantitative estimate of drug-likeness (QED) is 0.606. The first-order valence-corrected chi connectivity index (χ1v) is 6.35. The van der Waals surface area contributed by atoms with Crippen molar-refractivity contribution in [1.82, 2.24) is 0 Å². The van der Waals surface area contributed by atoms with Crippen LogP contribution in [0.4, 0.5) is 0 Å². The molecule has 0 saturated heterocycles. The van der Waals surface area contributed by atoms with E-state index >= 15 is 0 Å². The summed E-state index contributed by atoms with van der Waals surface area (Å²) >= 11 is 3.51. The van der Waals surface area contributed by atoms with Gasteiger partial charge in [0.2, 0.25) is 0 Å². The predicted octanol–water partition coefficient (Wildman–Crippen LogP) is 3.62. The van der Waals surface area contributed by atoms with Crippen LogP contribution in [0.2, 0.25) is 0 Å². The Morgan fingerprint density at radius 3 is 2.86 bits per heavy atom. The van der Waals surface area contributed by atoms with E-state index in [2.05, 4.69) is 22.9 Å². The summed E-state index contributed by atoms with van der Waals surface area (Å²) in [6.07, 6.45) is 5.99. The first-order valence-electron chi connectivity index (χ1n) is 5.43. The van der Waals surface area contributed by atoms with Gasteiger partial charge < -0.3 is 0 Å². The lowest BCUT2D eigenvalue weighted by molar-refractivity contribution is -0.116. The lowest BCUT2D eigenvalue weighted by atomic mass is 9.64. The highest BCUT2D eigenvalue weighted by atomic mass is 79.9. The summed E-state index contributed by atoms with van der Waals surface area (Å²) in [7, 11) is 0. The van der Waals surface area contributed by atoms with Crippen LogP contribution in [-0.4, -0.2) is 10.6 Å². The Morgan fingerprint density at radius 2 is 2.14 bits per heavy atom. The lowest BCUT2D eigenvalue weighted by Gasteiger charge is -2.42. The zero-order chi connectivity index (χ0) is 10.3. The average molecular weight is 257 g/mol. The summed E-state index contributed by atoms with van der Waals surface area (Å²) in [6, 6.07) is 0. The molecule has 14 heavy (non-hydrogen) atoms. The molecule has 1 saturated carbocycles. The second-order valence-electron chi connectivity index (χ2n) is 4.91. The van der Waals surface area contributed by atoms with Crippen molar-refractivity contribution < 1.29 is 4.79 Å². The number of halogens is 1. The van der Waals surface area contributed by atoms with Crippen LogP contribution in [0.3, 0.4) is 0 Å². The molecule has 2 heteroatoms. The summed E-state index contributed by atoms with van der Waals surface area (Å²) in [5.74, 6) is 0.319. The molecule has 1 unspecified atom stereocenters. The van der Waals surface area contributed by atoms with Gasteiger partial charge in [0.1, 0.15) is 0 Å². The van der Waals surface area contributed by atoms with Crippen LogP contribution in [0.15, 0.2) is 11.1 Å². The molecule has 0 heterocycles. The standard InChI is InChI=1S/C12H17BrO/c1-8-9-5-3-4-6-12(9,2)7-10(13)11(8)14/h10H,3-7H2,1-2H3/t10?,12-/m0/s1. The molecule has 2 aliphatic rings. The van der Waals surface area contributed by atoms with Crippen LogP contribution >= 0.6 is 15.9 Å². The maximum Gasteiger partial charge on any atom is 0.172 e. The van der Waals surface area contributed by atoms with Gasteiger partial charge in [-0.3, -0.25) is 4.79 Å². The maximum atomic E-state index is 11.8. The second-order valence-corrected chi connectivity index (χ2v) is 6.01. The van der Waals surface area contributed by atoms with Crippen molar-refractivity contribution in [2.45, 2.75) is 50.8 Å². The van der Waals surface area contributed by atoms with Crippen molar-refractivity contribution in [1.29, 1.82) is 0 Å². The SMILES string of the molecule is CC1=C2CCCC[C@@]2(C)CC(Br)C1=O. The summed E-state index contributed by atoms with van der Waals surface area (Å²) in [6.45, 7) is 4.33. The largest absolute Gasteiger partial charge is 0.293 e. The van der Waals surface area contributed by atoms with Crippen molar-refractivity contribution in [3.05, 3.63) is 11.1 Å². The number of hydrogen-bond donors (Lipinski definition) is 0. The van der Waals surface area contributed by atoms with Crippen molar-refractivity contribution in [3.63, 3.8) is 0 Å². The minimum absolute atomic E-state index is 0.0642. The highest BCUT2D eigenvalue weighted by Gasteiger charge is 2.41. The van der Waals surface area contributed by atoms with E-state index in [4.69, 9.17) is 0 Å². The van der Waals surface area contributed by atoms with Gasteiger partial charge in [0.15, 0.2) is 5.78 Å². The number of ketones is 1. The normalized spacial score (nSPS) is 38.5. The maximum absolute atomic E-state index is 11.8. The molecule has 78 valence electrons. The molecule has 2 atom stereocenters. The van der Waals surface area contributed by atoms with E-state index in [1.807, 2.05) is 6.92 Å². The first kappa shape index (κ1) is 10.4. The molecule has 0 N–H and O–H groups in total. The fourth-order valence-electron chi connectivity index (χ4n) is 3.01. The van der Waals surface area contributed by atoms with Crippen molar-refractivity contribution in [2.24, 2.45) is 5.41 Å². The third-order valence-corrected chi connectivity index (χ3v) is 4.61. The number of allylic oxidation sites excluding steroid dienone is 2. The van der Waals surface area contributed by atoms with E-state index in [0.717, 1.165) is 18.4 Å². The minimum Gasteiger partial charge on any atom is -0.293 e. The number of alkyl halides is 1. The first-order chi connectivity index (χ1) is 6.54. The van der Waals surface area contributed by atoms with Gasteiger partial charge >= 0.3 is 0 Å². The number of hydrogen-bond acceptors (Lipinski definition) is 1. The van der Waals surface area contributed by atoms with E-state index in [9.17, 15) is 4.79 Å². The smallest absolute Gasteiger partial charge is 0.172 e. The van der Waals surface area contributed by atoms with Crippen molar-refractivity contribution in [2.75, 3.05) is 0 Å². The Kier molecular flexibility index (Phi) is 2.59. The van der Waals surface area contributed by atoms with Crippen LogP contribution < -0.4 is 0 Å². The van der Waals surface area contributed by atoms with Crippen molar-refractivity contribution in [3.8, 4) is 0 Å². The zero-order valence-electron chi connectivity index (χ0n) is 8.90. The van der Waals surface area contributed by atoms with Gasteiger partial charge in [0, 0.05) is 0 Å². The molecule has 0 aromatic heterocycles. The van der Waals surface area contributed by atoms with Crippen LogP contribution in [0, 0.1) is 5.41 Å². The predicted molar refractivity (Wildman–Crippen MR) is 61.6 cm³/mol. The molecule has 0 amide bonds. The fourth-order valence-corrected chi connectivity index (χ4v) is 4.06. The Balaban J connectivity index is 2.43. The highest BCUT2D eigenvalue weighted by Crippen LogP contribution is 2.49. The van der Waals surface area contributed by atoms with Gasteiger partial charge in [-0.05, 0) is 43.6 Å². The van der Waals surface area contributed by atoms with E-state index in [1.54, 1.807) is 0 Å². The van der Waals surface area contributed by atoms with Gasteiger partial charge in [-0.25, -0.2) is 0 Å². The number of carbonyl (C=O) groups is 1. The van der Waals surface area contributed by atoms with Gasteiger partial charge in [-0.1, -0.05) is 34.8 Å². The molecule has 1 fully saturated rings. The molecule has 1 nitrogen and oxygen atoms in total. The molecular weight excluding hydrogens is 240 g/mol. The van der Waals surface area contributed by atoms with E-state index in [1.165, 1.54) is 24.8 Å². The molecule has 0 aromatic carbocycles. The third kappa shape index (κ3) is 1.48. The van der Waals surface area contributed by atoms with Gasteiger partial charge in [0.05, 0.1) is 4.83 Å². The minimum atomic E-state index is 0.0642. The molecule has 2 aliphatic carbocycles. The Bertz CT molecular complexity index is 305. The molecule has 0 bridgehead atoms. The summed E-state index contributed by atoms with van der Waals surface area (Å²) in [4.78, 5) is 11.9. The van der Waals surface area contributed by atoms with Crippen LogP contribution in [0.5, 0.6) is 0 Å². The topological polar surface area (TPSA) is 17.1 Å². The molecule has 0 spiro atoms. The Labute approximate surface area is 94.1 Å². The summed E-state index contributed by atoms with van der Waals surface area (Å²) in [5, 5.41) is 0. The van der Waals surface area contributed by atoms with E-state index < -0.39 is 0 Å². The second kappa shape index (κ2) is 3.48. The molecule has 0 aliphatic heterocycles. The van der Waals surface area contributed by atoms with Gasteiger partial charge in [-0.15, -0.1) is 0 Å². The van der Waals surface area contributed by atoms with Gasteiger partial charge in [0.25, 0.3) is 0 Å². The number of rotatable bonds is 0.